The second kappa shape index (κ2) is 6.37. The van der Waals surface area contributed by atoms with Crippen LogP contribution < -0.4 is 4.74 Å². The summed E-state index contributed by atoms with van der Waals surface area (Å²) in [7, 11) is 7.68. The van der Waals surface area contributed by atoms with E-state index >= 15 is 0 Å². The Morgan fingerprint density at radius 2 is 1.78 bits per heavy atom. The summed E-state index contributed by atoms with van der Waals surface area (Å²) in [6.07, 6.45) is 0. The fourth-order valence-corrected chi connectivity index (χ4v) is 1.18. The lowest BCUT2D eigenvalue weighted by molar-refractivity contribution is -0.871. The van der Waals surface area contributed by atoms with Gasteiger partial charge in [0, 0.05) is 0 Å². The van der Waals surface area contributed by atoms with Crippen LogP contribution >= 0.6 is 0 Å². The van der Waals surface area contributed by atoms with Gasteiger partial charge in [-0.15, -0.1) is 0 Å². The van der Waals surface area contributed by atoms with Gasteiger partial charge in [0.15, 0.2) is 0 Å². The number of nitrogens with zero attached hydrogens (tertiary/aromatic N) is 1. The Morgan fingerprint density at radius 1 is 1.17 bits per heavy atom. The molecule has 1 aromatic rings. The molecule has 0 atom stereocenters. The third-order valence-electron chi connectivity index (χ3n) is 2.31. The standard InChI is InChI=1S/C13H20NO4/c1-14(2,3)9-10-17-18-13(15)11-5-7-12(16-4)8-6-11/h5-8H,9-10H2,1-4H3/q+1. The van der Waals surface area contributed by atoms with Crippen molar-refractivity contribution in [3.05, 3.63) is 29.8 Å². The minimum absolute atomic E-state index is 0.366. The van der Waals surface area contributed by atoms with Crippen LogP contribution in [0.4, 0.5) is 0 Å². The van der Waals surface area contributed by atoms with E-state index in [1.807, 2.05) is 21.1 Å². The third-order valence-corrected chi connectivity index (χ3v) is 2.31. The molecule has 0 amide bonds. The number of quaternary nitrogens is 1. The van der Waals surface area contributed by atoms with Crippen LogP contribution in [0.1, 0.15) is 10.4 Å². The average molecular weight is 254 g/mol. The molecule has 0 aliphatic heterocycles. The van der Waals surface area contributed by atoms with E-state index in [2.05, 4.69) is 0 Å². The van der Waals surface area contributed by atoms with Crippen molar-refractivity contribution >= 4 is 5.97 Å². The Labute approximate surface area is 107 Å². The molecule has 0 spiro atoms. The molecule has 0 N–H and O–H groups in total. The predicted octanol–water partition coefficient (Wildman–Crippen LogP) is 1.49. The van der Waals surface area contributed by atoms with Crippen molar-refractivity contribution in [2.75, 3.05) is 41.4 Å². The number of benzene rings is 1. The van der Waals surface area contributed by atoms with Gasteiger partial charge in [-0.25, -0.2) is 4.79 Å². The SMILES string of the molecule is COc1ccc(C(=O)OOCC[N+](C)(C)C)cc1. The number of likely N-dealkylation sites (N-methyl/N-ethyl adjacent to an activating group) is 1. The van der Waals surface area contributed by atoms with E-state index in [4.69, 9.17) is 14.5 Å². The Balaban J connectivity index is 2.36. The van der Waals surface area contributed by atoms with Crippen LogP contribution in [0.5, 0.6) is 5.75 Å². The van der Waals surface area contributed by atoms with Gasteiger partial charge in [-0.05, 0) is 24.3 Å². The van der Waals surface area contributed by atoms with E-state index in [1.165, 1.54) is 0 Å². The fourth-order valence-electron chi connectivity index (χ4n) is 1.18. The first kappa shape index (κ1) is 14.5. The van der Waals surface area contributed by atoms with Crippen molar-refractivity contribution in [3.63, 3.8) is 0 Å². The smallest absolute Gasteiger partial charge is 0.373 e. The predicted molar refractivity (Wildman–Crippen MR) is 67.3 cm³/mol. The van der Waals surface area contributed by atoms with E-state index < -0.39 is 5.97 Å². The number of hydrogen-bond donors (Lipinski definition) is 0. The van der Waals surface area contributed by atoms with Crippen LogP contribution in [0.3, 0.4) is 0 Å². The maximum atomic E-state index is 11.6. The highest BCUT2D eigenvalue weighted by molar-refractivity contribution is 5.89. The summed E-state index contributed by atoms with van der Waals surface area (Å²) in [5.41, 5.74) is 0.432. The topological polar surface area (TPSA) is 44.8 Å². The zero-order valence-electron chi connectivity index (χ0n) is 11.3. The Bertz CT molecular complexity index is 381. The minimum atomic E-state index is -0.501. The molecule has 0 bridgehead atoms. The fraction of sp³-hybridized carbons (Fsp3) is 0.462. The maximum Gasteiger partial charge on any atom is 0.373 e. The van der Waals surface area contributed by atoms with E-state index in [9.17, 15) is 4.79 Å². The second-order valence-electron chi connectivity index (χ2n) is 4.94. The van der Waals surface area contributed by atoms with Crippen molar-refractivity contribution < 1.29 is 23.8 Å². The molecule has 0 aliphatic rings. The van der Waals surface area contributed by atoms with Crippen molar-refractivity contribution in [2.24, 2.45) is 0 Å². The lowest BCUT2D eigenvalue weighted by Crippen LogP contribution is -2.37. The van der Waals surface area contributed by atoms with Gasteiger partial charge >= 0.3 is 5.97 Å². The molecule has 0 aliphatic carbocycles. The van der Waals surface area contributed by atoms with Crippen LogP contribution in [-0.4, -0.2) is 51.9 Å². The number of ether oxygens (including phenoxy) is 1. The second-order valence-corrected chi connectivity index (χ2v) is 4.94. The summed E-state index contributed by atoms with van der Waals surface area (Å²) in [6.45, 7) is 1.13. The van der Waals surface area contributed by atoms with Crippen molar-refractivity contribution in [2.45, 2.75) is 0 Å². The molecule has 1 aromatic carbocycles. The van der Waals surface area contributed by atoms with Crippen LogP contribution in [0, 0.1) is 0 Å². The van der Waals surface area contributed by atoms with Gasteiger partial charge in [-0.1, -0.05) is 0 Å². The molecule has 0 saturated carbocycles. The summed E-state index contributed by atoms with van der Waals surface area (Å²) >= 11 is 0. The summed E-state index contributed by atoms with van der Waals surface area (Å²) < 4.78 is 5.75. The molecule has 0 heterocycles. The van der Waals surface area contributed by atoms with Crippen LogP contribution in [-0.2, 0) is 9.78 Å². The minimum Gasteiger partial charge on any atom is -0.497 e. The largest absolute Gasteiger partial charge is 0.497 e. The van der Waals surface area contributed by atoms with Gasteiger partial charge < -0.3 is 9.22 Å². The number of hydrogen-bond acceptors (Lipinski definition) is 4. The summed E-state index contributed by atoms with van der Waals surface area (Å²) in [5, 5.41) is 0. The molecular formula is C13H20NO4+. The van der Waals surface area contributed by atoms with Crippen molar-refractivity contribution in [1.82, 2.24) is 0 Å². The van der Waals surface area contributed by atoms with Crippen molar-refractivity contribution in [1.29, 1.82) is 0 Å². The van der Waals surface area contributed by atoms with Gasteiger partial charge in [0.25, 0.3) is 0 Å². The molecule has 5 heteroatoms. The zero-order chi connectivity index (χ0) is 13.6. The van der Waals surface area contributed by atoms with Gasteiger partial charge in [0.1, 0.15) is 18.9 Å². The molecule has 0 fully saturated rings. The van der Waals surface area contributed by atoms with E-state index in [0.717, 1.165) is 11.0 Å². The quantitative estimate of drug-likeness (QED) is 0.334. The average Bonchev–Trinajstić information content (AvgIpc) is 2.33. The normalized spacial score (nSPS) is 11.1. The van der Waals surface area contributed by atoms with Gasteiger partial charge in [0.05, 0.1) is 33.8 Å². The summed E-state index contributed by atoms with van der Waals surface area (Å²) in [5.74, 6) is 0.191. The molecule has 1 rings (SSSR count). The summed E-state index contributed by atoms with van der Waals surface area (Å²) in [4.78, 5) is 21.2. The van der Waals surface area contributed by atoms with Gasteiger partial charge in [-0.2, -0.15) is 4.89 Å². The first-order valence-electron chi connectivity index (χ1n) is 5.71. The molecule has 5 nitrogen and oxygen atoms in total. The molecule has 0 saturated heterocycles. The lowest BCUT2D eigenvalue weighted by Gasteiger charge is -2.22. The number of carbonyl (C=O) groups is 1. The number of carbonyl (C=O) groups excluding carboxylic acids is 1. The number of methoxy groups -OCH3 is 1. The van der Waals surface area contributed by atoms with Crippen molar-refractivity contribution in [3.8, 4) is 5.75 Å². The van der Waals surface area contributed by atoms with Crippen LogP contribution in [0.25, 0.3) is 0 Å². The summed E-state index contributed by atoms with van der Waals surface area (Å²) in [6, 6.07) is 6.65. The highest BCUT2D eigenvalue weighted by Gasteiger charge is 2.10. The van der Waals surface area contributed by atoms with Crippen LogP contribution in [0.15, 0.2) is 24.3 Å². The van der Waals surface area contributed by atoms with Crippen LogP contribution in [0.2, 0.25) is 0 Å². The third kappa shape index (κ3) is 5.16. The molecule has 0 radical (unpaired) electrons. The lowest BCUT2D eigenvalue weighted by atomic mass is 10.2. The first-order valence-corrected chi connectivity index (χ1v) is 5.71. The Kier molecular flexibility index (Phi) is 5.12. The maximum absolute atomic E-state index is 11.6. The highest BCUT2D eigenvalue weighted by Crippen LogP contribution is 2.12. The Morgan fingerprint density at radius 3 is 2.28 bits per heavy atom. The van der Waals surface area contributed by atoms with E-state index in [1.54, 1.807) is 31.4 Å². The molecular weight excluding hydrogens is 234 g/mol. The Hall–Kier alpha value is -1.59. The molecule has 0 unspecified atom stereocenters. The molecule has 100 valence electrons. The number of rotatable bonds is 6. The first-order chi connectivity index (χ1) is 8.42. The van der Waals surface area contributed by atoms with Gasteiger partial charge in [-0.3, -0.25) is 4.89 Å². The van der Waals surface area contributed by atoms with Gasteiger partial charge in [0.2, 0.25) is 0 Å². The highest BCUT2D eigenvalue weighted by atomic mass is 17.2. The zero-order valence-corrected chi connectivity index (χ0v) is 11.3. The van der Waals surface area contributed by atoms with E-state index in [-0.39, 0.29) is 0 Å². The molecule has 0 aromatic heterocycles. The van der Waals surface area contributed by atoms with E-state index in [0.29, 0.717) is 17.9 Å². The molecule has 18 heavy (non-hydrogen) atoms. The monoisotopic (exact) mass is 254 g/mol.